The van der Waals surface area contributed by atoms with E-state index < -0.39 is 29.2 Å². The number of carbonyl (C=O) groups is 2. The Hall–Kier alpha value is -4.27. The topological polar surface area (TPSA) is 100 Å². The van der Waals surface area contributed by atoms with Crippen molar-refractivity contribution in [1.29, 1.82) is 0 Å². The molecule has 36 heavy (non-hydrogen) atoms. The Labute approximate surface area is 208 Å². The number of anilines is 1. The fraction of sp³-hybridized carbons (Fsp3) is 0.259. The van der Waals surface area contributed by atoms with Crippen molar-refractivity contribution < 1.29 is 19.1 Å². The molecule has 2 N–H and O–H groups in total. The lowest BCUT2D eigenvalue weighted by Crippen LogP contribution is -2.51. The van der Waals surface area contributed by atoms with Gasteiger partial charge in [0.1, 0.15) is 29.7 Å². The van der Waals surface area contributed by atoms with Crippen LogP contribution in [-0.4, -0.2) is 37.5 Å². The maximum absolute atomic E-state index is 13.9. The van der Waals surface area contributed by atoms with Crippen molar-refractivity contribution in [3.8, 4) is 5.75 Å². The van der Waals surface area contributed by atoms with E-state index >= 15 is 0 Å². The second kappa shape index (κ2) is 10.2. The second-order valence-electron chi connectivity index (χ2n) is 9.20. The normalized spacial score (nSPS) is 12.3. The van der Waals surface area contributed by atoms with Gasteiger partial charge in [-0.3, -0.25) is 14.5 Å². The van der Waals surface area contributed by atoms with Crippen molar-refractivity contribution >= 4 is 28.5 Å². The summed E-state index contributed by atoms with van der Waals surface area (Å²) in [6.45, 7) is 5.54. The molecule has 3 aromatic carbocycles. The number of amides is 2. The van der Waals surface area contributed by atoms with E-state index in [2.05, 4.69) is 15.6 Å². The minimum absolute atomic E-state index is 0.0283. The molecule has 0 radical (unpaired) electrons. The first-order valence-corrected chi connectivity index (χ1v) is 11.7. The van der Waals surface area contributed by atoms with Crippen LogP contribution in [0.25, 0.3) is 11.0 Å². The van der Waals surface area contributed by atoms with Gasteiger partial charge in [0.05, 0.1) is 5.52 Å². The first-order chi connectivity index (χ1) is 17.2. The van der Waals surface area contributed by atoms with E-state index in [1.54, 1.807) is 24.3 Å². The molecule has 9 heteroatoms. The molecule has 186 valence electrons. The van der Waals surface area contributed by atoms with Gasteiger partial charge in [-0.05, 0) is 74.4 Å². The largest absolute Gasteiger partial charge is 0.508 e. The summed E-state index contributed by atoms with van der Waals surface area (Å²) in [4.78, 5) is 28.9. The summed E-state index contributed by atoms with van der Waals surface area (Å²) < 4.78 is 15.3. The van der Waals surface area contributed by atoms with E-state index in [1.807, 2.05) is 32.9 Å². The number of hydrogen-bond acceptors (Lipinski definition) is 5. The van der Waals surface area contributed by atoms with Gasteiger partial charge >= 0.3 is 0 Å². The van der Waals surface area contributed by atoms with Crippen molar-refractivity contribution in [2.75, 3.05) is 4.90 Å². The summed E-state index contributed by atoms with van der Waals surface area (Å²) in [6.07, 6.45) is 0.663. The fourth-order valence-electron chi connectivity index (χ4n) is 3.84. The van der Waals surface area contributed by atoms with Gasteiger partial charge in [0.2, 0.25) is 11.8 Å². The quantitative estimate of drug-likeness (QED) is 0.383. The molecular weight excluding hydrogens is 461 g/mol. The Balaban J connectivity index is 1.81. The van der Waals surface area contributed by atoms with Gasteiger partial charge in [-0.15, -0.1) is 5.10 Å². The number of fused-ring (bicyclic) bond motifs is 1. The van der Waals surface area contributed by atoms with Crippen LogP contribution in [-0.2, 0) is 16.1 Å². The number of phenols is 1. The second-order valence-corrected chi connectivity index (χ2v) is 9.20. The fourth-order valence-corrected chi connectivity index (χ4v) is 3.84. The molecule has 1 aromatic heterocycles. The van der Waals surface area contributed by atoms with E-state index in [1.165, 1.54) is 46.0 Å². The minimum atomic E-state index is -1.09. The number of hydrogen-bond donors (Lipinski definition) is 2. The average molecular weight is 490 g/mol. The van der Waals surface area contributed by atoms with Crippen molar-refractivity contribution in [3.63, 3.8) is 0 Å². The molecule has 0 saturated carbocycles. The highest BCUT2D eigenvalue weighted by molar-refractivity contribution is 6.01. The third kappa shape index (κ3) is 5.35. The molecule has 2 amide bonds. The number of aromatic nitrogens is 3. The molecule has 0 unspecified atom stereocenters. The number of benzene rings is 3. The summed E-state index contributed by atoms with van der Waals surface area (Å²) in [5, 5.41) is 21.1. The zero-order valence-corrected chi connectivity index (χ0v) is 20.4. The number of nitrogens with one attached hydrogen (secondary N) is 1. The first-order valence-electron chi connectivity index (χ1n) is 11.7. The Bertz CT molecular complexity index is 1370. The summed E-state index contributed by atoms with van der Waals surface area (Å²) >= 11 is 0. The molecule has 0 aliphatic rings. The van der Waals surface area contributed by atoms with E-state index in [0.717, 1.165) is 0 Å². The molecule has 0 aliphatic heterocycles. The molecule has 0 spiro atoms. The third-order valence-corrected chi connectivity index (χ3v) is 6.14. The van der Waals surface area contributed by atoms with Gasteiger partial charge in [-0.25, -0.2) is 9.07 Å². The highest BCUT2D eigenvalue weighted by Gasteiger charge is 2.35. The van der Waals surface area contributed by atoms with Gasteiger partial charge in [0.25, 0.3) is 0 Å². The lowest BCUT2D eigenvalue weighted by molar-refractivity contribution is -0.128. The van der Waals surface area contributed by atoms with Crippen LogP contribution in [0.3, 0.4) is 0 Å². The highest BCUT2D eigenvalue weighted by Crippen LogP contribution is 2.30. The molecule has 4 rings (SSSR count). The van der Waals surface area contributed by atoms with Crippen LogP contribution in [0.15, 0.2) is 72.8 Å². The van der Waals surface area contributed by atoms with Crippen molar-refractivity contribution in [1.82, 2.24) is 20.3 Å². The van der Waals surface area contributed by atoms with Gasteiger partial charge in [0, 0.05) is 11.2 Å². The number of aromatic hydroxyl groups is 1. The molecule has 0 saturated heterocycles. The molecule has 4 aromatic rings. The Morgan fingerprint density at radius 1 is 1.06 bits per heavy atom. The van der Waals surface area contributed by atoms with E-state index in [4.69, 9.17) is 0 Å². The van der Waals surface area contributed by atoms with E-state index in [9.17, 15) is 19.1 Å². The van der Waals surface area contributed by atoms with Gasteiger partial charge < -0.3 is 10.4 Å². The van der Waals surface area contributed by atoms with Crippen molar-refractivity contribution in [3.05, 3.63) is 84.2 Å². The Kier molecular flexibility index (Phi) is 7.00. The van der Waals surface area contributed by atoms with Crippen LogP contribution in [0.1, 0.15) is 38.8 Å². The summed E-state index contributed by atoms with van der Waals surface area (Å²) in [7, 11) is 0. The monoisotopic (exact) mass is 489 g/mol. The number of para-hydroxylation sites is 1. The molecule has 1 heterocycles. The number of halogens is 1. The van der Waals surface area contributed by atoms with Crippen LogP contribution in [0.4, 0.5) is 10.1 Å². The van der Waals surface area contributed by atoms with Gasteiger partial charge in [-0.2, -0.15) is 0 Å². The lowest BCUT2D eigenvalue weighted by atomic mass is 9.98. The Morgan fingerprint density at radius 3 is 2.39 bits per heavy atom. The first kappa shape index (κ1) is 24.8. The Morgan fingerprint density at radius 2 is 1.72 bits per heavy atom. The van der Waals surface area contributed by atoms with Gasteiger partial charge in [0.15, 0.2) is 0 Å². The summed E-state index contributed by atoms with van der Waals surface area (Å²) in [5.74, 6) is -1.29. The molecule has 1 atom stereocenters. The van der Waals surface area contributed by atoms with Crippen LogP contribution < -0.4 is 10.2 Å². The number of nitrogens with zero attached hydrogens (tertiary/aromatic N) is 4. The zero-order valence-electron chi connectivity index (χ0n) is 20.4. The lowest BCUT2D eigenvalue weighted by Gasteiger charge is -2.34. The number of rotatable bonds is 8. The van der Waals surface area contributed by atoms with E-state index in [0.29, 0.717) is 28.7 Å². The van der Waals surface area contributed by atoms with Crippen molar-refractivity contribution in [2.45, 2.75) is 45.3 Å². The molecule has 0 fully saturated rings. The molecule has 0 aliphatic carbocycles. The number of carbonyl (C=O) groups excluding carboxylic acids is 2. The SMILES string of the molecule is CCC(C)(C)NC(=O)[C@H](c1ccc(O)cc1)N(C(=O)Cn1nnc2ccccc21)c1ccc(F)cc1. The third-order valence-electron chi connectivity index (χ3n) is 6.14. The average Bonchev–Trinajstić information content (AvgIpc) is 3.26. The minimum Gasteiger partial charge on any atom is -0.508 e. The predicted octanol–water partition coefficient (Wildman–Crippen LogP) is 4.36. The van der Waals surface area contributed by atoms with Crippen molar-refractivity contribution in [2.24, 2.45) is 0 Å². The van der Waals surface area contributed by atoms with Crippen LogP contribution in [0, 0.1) is 5.82 Å². The summed E-state index contributed by atoms with van der Waals surface area (Å²) in [6, 6.07) is 17.6. The molecule has 0 bridgehead atoms. The molecular formula is C27H28FN5O3. The van der Waals surface area contributed by atoms with Gasteiger partial charge in [-0.1, -0.05) is 36.4 Å². The maximum Gasteiger partial charge on any atom is 0.249 e. The summed E-state index contributed by atoms with van der Waals surface area (Å²) in [5.41, 5.74) is 1.59. The standard InChI is InChI=1S/C27H28FN5O3/c1-4-27(2,3)29-26(36)25(18-9-15-21(34)16-10-18)33(20-13-11-19(28)12-14-20)24(35)17-32-23-8-6-5-7-22(23)30-31-32/h5-16,25,34H,4,17H2,1-3H3,(H,29,36)/t25-/m0/s1. The van der Waals surface area contributed by atoms with Crippen LogP contribution in [0.2, 0.25) is 0 Å². The van der Waals surface area contributed by atoms with E-state index in [-0.39, 0.29) is 12.3 Å². The smallest absolute Gasteiger partial charge is 0.249 e. The molecule has 8 nitrogen and oxygen atoms in total. The number of phenolic OH excluding ortho intramolecular Hbond substituents is 1. The van der Waals surface area contributed by atoms with Crippen LogP contribution >= 0.6 is 0 Å². The van der Waals surface area contributed by atoms with Crippen LogP contribution in [0.5, 0.6) is 5.75 Å². The predicted molar refractivity (Wildman–Crippen MR) is 135 cm³/mol. The maximum atomic E-state index is 13.9. The zero-order chi connectivity index (χ0) is 25.9. The highest BCUT2D eigenvalue weighted by atomic mass is 19.1.